The van der Waals surface area contributed by atoms with E-state index in [0.717, 1.165) is 143 Å². The zero-order valence-corrected chi connectivity index (χ0v) is 36.8. The quantitative estimate of drug-likeness (QED) is 0.176. The molecule has 12 aromatic carbocycles. The van der Waals surface area contributed by atoms with Gasteiger partial charge in [0.1, 0.15) is 44.7 Å². The van der Waals surface area contributed by atoms with Crippen molar-refractivity contribution in [3.05, 3.63) is 212 Å². The Morgan fingerprint density at radius 1 is 0.217 bits per heavy atom. The summed E-state index contributed by atoms with van der Waals surface area (Å²) in [6, 6.07) is 75.6. The molecular formula is C64H35NO4. The summed E-state index contributed by atoms with van der Waals surface area (Å²) < 4.78 is 26.3. The molecule has 0 bridgehead atoms. The van der Waals surface area contributed by atoms with Crippen molar-refractivity contribution in [2.75, 3.05) is 4.90 Å². The van der Waals surface area contributed by atoms with Gasteiger partial charge in [-0.25, -0.2) is 0 Å². The van der Waals surface area contributed by atoms with Gasteiger partial charge < -0.3 is 22.6 Å². The van der Waals surface area contributed by atoms with E-state index in [-0.39, 0.29) is 0 Å². The molecule has 0 fully saturated rings. The average molecular weight is 882 g/mol. The first-order chi connectivity index (χ1) is 34.1. The average Bonchev–Trinajstić information content (AvgIpc) is 4.15. The van der Waals surface area contributed by atoms with Crippen molar-refractivity contribution in [3.63, 3.8) is 0 Å². The number of hydrogen-bond donors (Lipinski definition) is 0. The predicted molar refractivity (Wildman–Crippen MR) is 286 cm³/mol. The highest BCUT2D eigenvalue weighted by molar-refractivity contribution is 6.29. The van der Waals surface area contributed by atoms with Gasteiger partial charge >= 0.3 is 0 Å². The second-order valence-corrected chi connectivity index (χ2v) is 18.4. The van der Waals surface area contributed by atoms with Gasteiger partial charge in [-0.1, -0.05) is 103 Å². The van der Waals surface area contributed by atoms with E-state index in [4.69, 9.17) is 17.7 Å². The van der Waals surface area contributed by atoms with E-state index in [1.54, 1.807) is 0 Å². The summed E-state index contributed by atoms with van der Waals surface area (Å²) >= 11 is 0. The molecule has 0 N–H and O–H groups in total. The first kappa shape index (κ1) is 36.8. The fourth-order valence-corrected chi connectivity index (χ4v) is 11.3. The van der Waals surface area contributed by atoms with Crippen LogP contribution in [0.15, 0.2) is 230 Å². The van der Waals surface area contributed by atoms with E-state index in [1.165, 1.54) is 16.3 Å². The van der Waals surface area contributed by atoms with Crippen molar-refractivity contribution >= 4 is 148 Å². The number of fused-ring (bicyclic) bond motifs is 18. The smallest absolute Gasteiger partial charge is 0.136 e. The lowest BCUT2D eigenvalue weighted by Crippen LogP contribution is -2.09. The van der Waals surface area contributed by atoms with Crippen molar-refractivity contribution < 1.29 is 17.7 Å². The van der Waals surface area contributed by atoms with E-state index in [1.807, 2.05) is 24.3 Å². The van der Waals surface area contributed by atoms with Crippen molar-refractivity contribution in [2.24, 2.45) is 0 Å². The summed E-state index contributed by atoms with van der Waals surface area (Å²) in [5, 5.41) is 17.8. The molecule has 69 heavy (non-hydrogen) atoms. The molecule has 16 aromatic rings. The van der Waals surface area contributed by atoms with Gasteiger partial charge in [-0.05, 0) is 163 Å². The van der Waals surface area contributed by atoms with Crippen LogP contribution in [0.2, 0.25) is 0 Å². The maximum atomic E-state index is 6.69. The molecule has 0 unspecified atom stereocenters. The van der Waals surface area contributed by atoms with Crippen molar-refractivity contribution in [1.82, 2.24) is 0 Å². The molecule has 0 spiro atoms. The maximum Gasteiger partial charge on any atom is 0.136 e. The Morgan fingerprint density at radius 2 is 0.536 bits per heavy atom. The minimum Gasteiger partial charge on any atom is -0.456 e. The molecule has 0 saturated heterocycles. The van der Waals surface area contributed by atoms with Gasteiger partial charge in [0, 0.05) is 60.2 Å². The molecule has 0 aliphatic carbocycles. The van der Waals surface area contributed by atoms with Crippen LogP contribution in [-0.4, -0.2) is 0 Å². The molecule has 0 aliphatic rings. The molecule has 4 heterocycles. The normalized spacial score (nSPS) is 12.3. The lowest BCUT2D eigenvalue weighted by atomic mass is 10.00. The standard InChI is InChI=1S/C64H35NO4/c1-2-8-36(9-3-1)37-14-18-46(19-15-37)65(47-20-16-42-30-51-59(34-44(42)26-47)68-55-24-22-53-61(63(51)55)49-28-38-10-4-6-12-40(38)32-57(49)66-53)48-21-17-43-31-52-60(35-45(43)27-48)69-56-25-23-54-62(64(52)56)50-29-39-11-5-7-13-41(39)33-58(50)67-54/h1-35H. The van der Waals surface area contributed by atoms with Crippen molar-refractivity contribution in [3.8, 4) is 11.1 Å². The van der Waals surface area contributed by atoms with Gasteiger partial charge in [0.15, 0.2) is 0 Å². The Kier molecular flexibility index (Phi) is 7.28. The summed E-state index contributed by atoms with van der Waals surface area (Å²) in [6.07, 6.45) is 0. The minimum atomic E-state index is 0.839. The van der Waals surface area contributed by atoms with Crippen LogP contribution in [0.1, 0.15) is 0 Å². The van der Waals surface area contributed by atoms with E-state index in [2.05, 4.69) is 193 Å². The van der Waals surface area contributed by atoms with E-state index in [9.17, 15) is 0 Å². The third kappa shape index (κ3) is 5.41. The number of hydrogen-bond acceptors (Lipinski definition) is 5. The topological polar surface area (TPSA) is 55.8 Å². The van der Waals surface area contributed by atoms with E-state index >= 15 is 0 Å². The Hall–Kier alpha value is -9.32. The number of benzene rings is 12. The number of anilines is 3. The number of furan rings is 4. The Labute approximate surface area is 392 Å². The molecule has 0 saturated carbocycles. The minimum absolute atomic E-state index is 0.839. The monoisotopic (exact) mass is 881 g/mol. The van der Waals surface area contributed by atoms with Crippen LogP contribution < -0.4 is 4.90 Å². The van der Waals surface area contributed by atoms with Crippen molar-refractivity contribution in [1.29, 1.82) is 0 Å². The van der Waals surface area contributed by atoms with Crippen LogP contribution in [0.5, 0.6) is 0 Å². The van der Waals surface area contributed by atoms with Crippen LogP contribution in [0, 0.1) is 0 Å². The Morgan fingerprint density at radius 3 is 0.942 bits per heavy atom. The molecule has 0 radical (unpaired) electrons. The third-order valence-corrected chi connectivity index (χ3v) is 14.5. The highest BCUT2D eigenvalue weighted by Gasteiger charge is 2.21. The van der Waals surface area contributed by atoms with Gasteiger partial charge in [-0.2, -0.15) is 0 Å². The van der Waals surface area contributed by atoms with E-state index < -0.39 is 0 Å². The van der Waals surface area contributed by atoms with Crippen LogP contribution in [0.25, 0.3) is 142 Å². The van der Waals surface area contributed by atoms with Crippen LogP contribution >= 0.6 is 0 Å². The fourth-order valence-electron chi connectivity index (χ4n) is 11.3. The molecule has 320 valence electrons. The number of nitrogens with zero attached hydrogens (tertiary/aromatic N) is 1. The van der Waals surface area contributed by atoms with Gasteiger partial charge in [0.2, 0.25) is 0 Å². The highest BCUT2D eigenvalue weighted by Crippen LogP contribution is 2.46. The zero-order chi connectivity index (χ0) is 44.9. The van der Waals surface area contributed by atoms with E-state index in [0.29, 0.717) is 0 Å². The molecule has 16 rings (SSSR count). The molecule has 4 aromatic heterocycles. The van der Waals surface area contributed by atoms with Gasteiger partial charge in [-0.15, -0.1) is 0 Å². The SMILES string of the molecule is c1ccc(-c2ccc(N(c3ccc4cc5c(cc4c3)oc3ccc4oc6cc7ccccc7cc6c4c35)c3ccc4cc5c(cc4c3)oc3ccc4oc6cc7ccccc7cc6c4c35)cc2)cc1. The molecule has 5 nitrogen and oxygen atoms in total. The maximum absolute atomic E-state index is 6.69. The first-order valence-corrected chi connectivity index (χ1v) is 23.4. The Balaban J connectivity index is 0.861. The Bertz CT molecular complexity index is 4570. The van der Waals surface area contributed by atoms with Crippen LogP contribution in [0.3, 0.4) is 0 Å². The second kappa shape index (κ2) is 13.6. The van der Waals surface area contributed by atoms with Crippen molar-refractivity contribution in [2.45, 2.75) is 0 Å². The fraction of sp³-hybridized carbons (Fsp3) is 0. The zero-order valence-electron chi connectivity index (χ0n) is 36.8. The molecule has 0 atom stereocenters. The molecular weight excluding hydrogens is 847 g/mol. The second-order valence-electron chi connectivity index (χ2n) is 18.4. The molecule has 0 aliphatic heterocycles. The highest BCUT2D eigenvalue weighted by atomic mass is 16.3. The third-order valence-electron chi connectivity index (χ3n) is 14.5. The number of rotatable bonds is 4. The van der Waals surface area contributed by atoms with Gasteiger partial charge in [0.25, 0.3) is 0 Å². The summed E-state index contributed by atoms with van der Waals surface area (Å²) in [4.78, 5) is 2.34. The van der Waals surface area contributed by atoms with Crippen LogP contribution in [0.4, 0.5) is 17.1 Å². The summed E-state index contributed by atoms with van der Waals surface area (Å²) in [5.41, 5.74) is 12.3. The predicted octanol–water partition coefficient (Wildman–Crippen LogP) is 19.0. The molecule has 5 heteroatoms. The van der Waals surface area contributed by atoms with Gasteiger partial charge in [0.05, 0.1) is 0 Å². The molecule has 0 amide bonds. The van der Waals surface area contributed by atoms with Gasteiger partial charge in [-0.3, -0.25) is 0 Å². The lowest BCUT2D eigenvalue weighted by molar-refractivity contribution is 0.663. The largest absolute Gasteiger partial charge is 0.456 e. The summed E-state index contributed by atoms with van der Waals surface area (Å²) in [7, 11) is 0. The summed E-state index contributed by atoms with van der Waals surface area (Å²) in [5.74, 6) is 0. The first-order valence-electron chi connectivity index (χ1n) is 23.4. The summed E-state index contributed by atoms with van der Waals surface area (Å²) in [6.45, 7) is 0. The van der Waals surface area contributed by atoms with Crippen LogP contribution in [-0.2, 0) is 0 Å². The lowest BCUT2D eigenvalue weighted by Gasteiger charge is -2.26.